The molecule has 4 rings (SSSR count). The molecule has 7 heteroatoms. The van der Waals surface area contributed by atoms with Crippen LogP contribution in [0.25, 0.3) is 10.2 Å². The van der Waals surface area contributed by atoms with E-state index in [-0.39, 0.29) is 17.6 Å². The number of para-hydroxylation sites is 1. The molecule has 1 aromatic heterocycles. The van der Waals surface area contributed by atoms with Gasteiger partial charge in [0, 0.05) is 16.9 Å². The minimum Gasteiger partial charge on any atom is -0.325 e. The van der Waals surface area contributed by atoms with Crippen LogP contribution in [-0.2, 0) is 4.79 Å². The molecule has 2 amide bonds. The van der Waals surface area contributed by atoms with Gasteiger partial charge in [0.05, 0.1) is 16.0 Å². The summed E-state index contributed by atoms with van der Waals surface area (Å²) in [6, 6.07) is 19.1. The molecule has 0 radical (unpaired) electrons. The van der Waals surface area contributed by atoms with E-state index in [0.29, 0.717) is 5.56 Å². The Morgan fingerprint density at radius 2 is 1.69 bits per heavy atom. The Balaban J connectivity index is 1.40. The summed E-state index contributed by atoms with van der Waals surface area (Å²) in [5.41, 5.74) is 6.20. The number of aryl methyl sites for hydroxylation is 3. The molecule has 3 aromatic carbocycles. The van der Waals surface area contributed by atoms with E-state index in [1.54, 1.807) is 6.07 Å². The molecule has 32 heavy (non-hydrogen) atoms. The number of hydrogen-bond acceptors (Lipinski definition) is 5. The van der Waals surface area contributed by atoms with Gasteiger partial charge < -0.3 is 10.6 Å². The number of carbonyl (C=O) groups excluding carboxylic acids is 2. The van der Waals surface area contributed by atoms with E-state index in [4.69, 9.17) is 0 Å². The molecule has 0 spiro atoms. The highest BCUT2D eigenvalue weighted by Crippen LogP contribution is 2.31. The molecule has 0 fully saturated rings. The van der Waals surface area contributed by atoms with Crippen molar-refractivity contribution in [3.8, 4) is 0 Å². The third kappa shape index (κ3) is 5.18. The van der Waals surface area contributed by atoms with Gasteiger partial charge >= 0.3 is 0 Å². The van der Waals surface area contributed by atoms with Gasteiger partial charge in [0.1, 0.15) is 0 Å². The lowest BCUT2D eigenvalue weighted by Gasteiger charge is -2.10. The van der Waals surface area contributed by atoms with Gasteiger partial charge in [-0.25, -0.2) is 4.98 Å². The number of thioether (sulfide) groups is 1. The number of carbonyl (C=O) groups is 2. The summed E-state index contributed by atoms with van der Waals surface area (Å²) >= 11 is 2.92. The molecule has 1 heterocycles. The molecule has 0 atom stereocenters. The van der Waals surface area contributed by atoms with Crippen molar-refractivity contribution >= 4 is 56.5 Å². The van der Waals surface area contributed by atoms with Crippen molar-refractivity contribution in [2.24, 2.45) is 0 Å². The predicted octanol–water partition coefficient (Wildman–Crippen LogP) is 6.20. The molecule has 2 N–H and O–H groups in total. The third-order valence-corrected chi connectivity index (χ3v) is 7.14. The van der Waals surface area contributed by atoms with E-state index >= 15 is 0 Å². The first-order valence-electron chi connectivity index (χ1n) is 10.2. The van der Waals surface area contributed by atoms with Crippen LogP contribution in [-0.4, -0.2) is 22.6 Å². The van der Waals surface area contributed by atoms with Crippen molar-refractivity contribution in [2.75, 3.05) is 16.4 Å². The van der Waals surface area contributed by atoms with Gasteiger partial charge in [-0.15, -0.1) is 11.3 Å². The van der Waals surface area contributed by atoms with Crippen molar-refractivity contribution in [1.29, 1.82) is 0 Å². The number of rotatable bonds is 6. The Morgan fingerprint density at radius 3 is 2.44 bits per heavy atom. The summed E-state index contributed by atoms with van der Waals surface area (Å²) < 4.78 is 1.78. The number of anilines is 2. The summed E-state index contributed by atoms with van der Waals surface area (Å²) in [6.07, 6.45) is 0. The molecule has 0 aliphatic rings. The first-order valence-corrected chi connectivity index (χ1v) is 12.0. The zero-order chi connectivity index (χ0) is 22.7. The van der Waals surface area contributed by atoms with E-state index in [0.717, 1.165) is 42.6 Å². The lowest BCUT2D eigenvalue weighted by atomic mass is 10.1. The molecule has 0 bridgehead atoms. The number of nitrogens with one attached hydrogen (secondary N) is 2. The first-order chi connectivity index (χ1) is 15.4. The van der Waals surface area contributed by atoms with Gasteiger partial charge in [-0.05, 0) is 62.2 Å². The summed E-state index contributed by atoms with van der Waals surface area (Å²) in [5, 5.41) is 5.95. The maximum Gasteiger partial charge on any atom is 0.255 e. The molecule has 0 unspecified atom stereocenters. The van der Waals surface area contributed by atoms with Crippen LogP contribution < -0.4 is 10.6 Å². The molecule has 0 aliphatic carbocycles. The second-order valence-electron chi connectivity index (χ2n) is 7.59. The zero-order valence-electron chi connectivity index (χ0n) is 18.1. The van der Waals surface area contributed by atoms with Crippen molar-refractivity contribution < 1.29 is 9.59 Å². The maximum absolute atomic E-state index is 12.5. The molecular weight excluding hydrogens is 438 g/mol. The van der Waals surface area contributed by atoms with E-state index in [9.17, 15) is 9.59 Å². The minimum absolute atomic E-state index is 0.0576. The Hall–Kier alpha value is -3.16. The van der Waals surface area contributed by atoms with Crippen LogP contribution in [0.5, 0.6) is 0 Å². The standard InChI is InChI=1S/C25H23N3O2S2/c1-15-6-4-9-18(12-15)24(30)26-19-10-11-20-21(13-19)32-25(27-20)31-14-22(29)28-23-16(2)7-5-8-17(23)3/h4-13H,14H2,1-3H3,(H,26,30)(H,28,29). The van der Waals surface area contributed by atoms with E-state index in [2.05, 4.69) is 15.6 Å². The highest BCUT2D eigenvalue weighted by Gasteiger charge is 2.12. The number of amides is 2. The predicted molar refractivity (Wildman–Crippen MR) is 134 cm³/mol. The van der Waals surface area contributed by atoms with Crippen LogP contribution in [0.3, 0.4) is 0 Å². The van der Waals surface area contributed by atoms with Gasteiger partial charge in [0.2, 0.25) is 5.91 Å². The Morgan fingerprint density at radius 1 is 0.938 bits per heavy atom. The lowest BCUT2D eigenvalue weighted by Crippen LogP contribution is -2.15. The maximum atomic E-state index is 12.5. The average Bonchev–Trinajstić information content (AvgIpc) is 3.17. The van der Waals surface area contributed by atoms with Gasteiger partial charge in [-0.1, -0.05) is 47.7 Å². The van der Waals surface area contributed by atoms with Gasteiger partial charge in [0.15, 0.2) is 4.34 Å². The molecule has 0 aliphatic heterocycles. The fraction of sp³-hybridized carbons (Fsp3) is 0.160. The number of fused-ring (bicyclic) bond motifs is 1. The van der Waals surface area contributed by atoms with Gasteiger partial charge in [-0.2, -0.15) is 0 Å². The van der Waals surface area contributed by atoms with Crippen molar-refractivity contribution in [1.82, 2.24) is 4.98 Å². The summed E-state index contributed by atoms with van der Waals surface area (Å²) in [6.45, 7) is 5.93. The smallest absolute Gasteiger partial charge is 0.255 e. The average molecular weight is 462 g/mol. The van der Waals surface area contributed by atoms with Gasteiger partial charge in [0.25, 0.3) is 5.91 Å². The Bertz CT molecular complexity index is 1290. The molecule has 0 saturated heterocycles. The number of benzene rings is 3. The summed E-state index contributed by atoms with van der Waals surface area (Å²) in [5.74, 6) is 0.0815. The Labute approximate surface area is 195 Å². The second-order valence-corrected chi connectivity index (χ2v) is 9.84. The highest BCUT2D eigenvalue weighted by molar-refractivity contribution is 8.01. The fourth-order valence-corrected chi connectivity index (χ4v) is 5.25. The second kappa shape index (κ2) is 9.54. The van der Waals surface area contributed by atoms with Crippen molar-refractivity contribution in [3.05, 3.63) is 82.9 Å². The third-order valence-electron chi connectivity index (χ3n) is 4.98. The van der Waals surface area contributed by atoms with E-state index in [1.165, 1.54) is 23.1 Å². The summed E-state index contributed by atoms with van der Waals surface area (Å²) in [4.78, 5) is 29.6. The number of aromatic nitrogens is 1. The summed E-state index contributed by atoms with van der Waals surface area (Å²) in [7, 11) is 0. The van der Waals surface area contributed by atoms with Crippen LogP contribution in [0.2, 0.25) is 0 Å². The fourth-order valence-electron chi connectivity index (χ4n) is 3.35. The topological polar surface area (TPSA) is 71.1 Å². The molecule has 162 valence electrons. The quantitative estimate of drug-likeness (QED) is 0.335. The van der Waals surface area contributed by atoms with E-state index < -0.39 is 0 Å². The molecule has 4 aromatic rings. The largest absolute Gasteiger partial charge is 0.325 e. The number of nitrogens with zero attached hydrogens (tertiary/aromatic N) is 1. The highest BCUT2D eigenvalue weighted by atomic mass is 32.2. The lowest BCUT2D eigenvalue weighted by molar-refractivity contribution is -0.113. The van der Waals surface area contributed by atoms with Crippen LogP contribution in [0.15, 0.2) is 65.0 Å². The van der Waals surface area contributed by atoms with Crippen LogP contribution >= 0.6 is 23.1 Å². The monoisotopic (exact) mass is 461 g/mol. The van der Waals surface area contributed by atoms with Crippen molar-refractivity contribution in [2.45, 2.75) is 25.1 Å². The molecular formula is C25H23N3O2S2. The number of thiazole rings is 1. The van der Waals surface area contributed by atoms with Crippen LogP contribution in [0.1, 0.15) is 27.0 Å². The normalized spacial score (nSPS) is 10.8. The minimum atomic E-state index is -0.143. The Kier molecular flexibility index (Phi) is 6.58. The van der Waals surface area contributed by atoms with E-state index in [1.807, 2.05) is 75.4 Å². The number of hydrogen-bond donors (Lipinski definition) is 2. The zero-order valence-corrected chi connectivity index (χ0v) is 19.7. The molecule has 0 saturated carbocycles. The van der Waals surface area contributed by atoms with Crippen molar-refractivity contribution in [3.63, 3.8) is 0 Å². The van der Waals surface area contributed by atoms with Gasteiger partial charge in [-0.3, -0.25) is 9.59 Å². The first kappa shape index (κ1) is 22.0. The van der Waals surface area contributed by atoms with Crippen LogP contribution in [0, 0.1) is 20.8 Å². The molecule has 5 nitrogen and oxygen atoms in total. The SMILES string of the molecule is Cc1cccc(C(=O)Nc2ccc3nc(SCC(=O)Nc4c(C)cccc4C)sc3c2)c1. The van der Waals surface area contributed by atoms with Crippen LogP contribution in [0.4, 0.5) is 11.4 Å².